The van der Waals surface area contributed by atoms with Crippen LogP contribution in [-0.4, -0.2) is 33.5 Å². The lowest BCUT2D eigenvalue weighted by Crippen LogP contribution is -2.29. The largest absolute Gasteiger partial charge is 0.387 e. The summed E-state index contributed by atoms with van der Waals surface area (Å²) in [5.41, 5.74) is 6.22. The maximum Gasteiger partial charge on any atom is 0.230 e. The predicted octanol–water partition coefficient (Wildman–Crippen LogP) is 1.06. The number of carbonyl (C=O) groups is 1. The van der Waals surface area contributed by atoms with Crippen LogP contribution < -0.4 is 11.1 Å². The second-order valence-corrected chi connectivity index (χ2v) is 6.16. The SMILES string of the molecule is Nc1nnc(SCC(=O)NC[C@@H](O)c2ccccc2)s1. The normalized spacial score (nSPS) is 12.1. The summed E-state index contributed by atoms with van der Waals surface area (Å²) < 4.78 is 0.654. The Bertz CT molecular complexity index is 562. The van der Waals surface area contributed by atoms with Gasteiger partial charge in [0.25, 0.3) is 0 Å². The molecule has 8 heteroatoms. The van der Waals surface area contributed by atoms with Crippen molar-refractivity contribution in [3.8, 4) is 0 Å². The van der Waals surface area contributed by atoms with Gasteiger partial charge in [0.05, 0.1) is 11.9 Å². The quantitative estimate of drug-likeness (QED) is 0.690. The van der Waals surface area contributed by atoms with Crippen LogP contribution in [0.1, 0.15) is 11.7 Å². The van der Waals surface area contributed by atoms with Crippen molar-refractivity contribution in [2.75, 3.05) is 18.0 Å². The van der Waals surface area contributed by atoms with Gasteiger partial charge in [-0.2, -0.15) is 0 Å². The minimum atomic E-state index is -0.706. The van der Waals surface area contributed by atoms with Gasteiger partial charge in [0, 0.05) is 6.54 Å². The lowest BCUT2D eigenvalue weighted by molar-refractivity contribution is -0.119. The Morgan fingerprint density at radius 1 is 1.40 bits per heavy atom. The molecule has 20 heavy (non-hydrogen) atoms. The van der Waals surface area contributed by atoms with E-state index in [1.807, 2.05) is 30.3 Å². The minimum absolute atomic E-state index is 0.168. The van der Waals surface area contributed by atoms with Crippen molar-refractivity contribution in [2.45, 2.75) is 10.4 Å². The Morgan fingerprint density at radius 2 is 2.15 bits per heavy atom. The number of thioether (sulfide) groups is 1. The summed E-state index contributed by atoms with van der Waals surface area (Å²) in [5, 5.41) is 20.4. The van der Waals surface area contributed by atoms with Crippen LogP contribution in [0.3, 0.4) is 0 Å². The molecule has 1 atom stereocenters. The number of aromatic nitrogens is 2. The Morgan fingerprint density at radius 3 is 2.80 bits per heavy atom. The molecule has 1 aromatic heterocycles. The smallest absolute Gasteiger partial charge is 0.230 e. The van der Waals surface area contributed by atoms with Gasteiger partial charge < -0.3 is 16.2 Å². The van der Waals surface area contributed by atoms with Crippen LogP contribution in [0.5, 0.6) is 0 Å². The molecule has 1 amide bonds. The standard InChI is InChI=1S/C12H14N4O2S2/c13-11-15-16-12(20-11)19-7-10(18)14-6-9(17)8-4-2-1-3-5-8/h1-5,9,17H,6-7H2,(H2,13,15)(H,14,18)/t9-/m1/s1. The third-order valence-electron chi connectivity index (χ3n) is 2.43. The Labute approximate surface area is 124 Å². The summed E-state index contributed by atoms with van der Waals surface area (Å²) in [6.07, 6.45) is -0.706. The lowest BCUT2D eigenvalue weighted by Gasteiger charge is -2.11. The van der Waals surface area contributed by atoms with Crippen molar-refractivity contribution in [1.29, 1.82) is 0 Å². The summed E-state index contributed by atoms with van der Waals surface area (Å²) in [6, 6.07) is 9.19. The number of aliphatic hydroxyl groups is 1. The van der Waals surface area contributed by atoms with Crippen molar-refractivity contribution < 1.29 is 9.90 Å². The summed E-state index contributed by atoms with van der Waals surface area (Å²) in [6.45, 7) is 0.182. The molecular formula is C12H14N4O2S2. The molecule has 0 radical (unpaired) electrons. The number of hydrogen-bond acceptors (Lipinski definition) is 7. The van der Waals surface area contributed by atoms with E-state index >= 15 is 0 Å². The molecular weight excluding hydrogens is 296 g/mol. The van der Waals surface area contributed by atoms with Gasteiger partial charge >= 0.3 is 0 Å². The number of nitrogens with two attached hydrogens (primary N) is 1. The second-order valence-electron chi connectivity index (χ2n) is 3.93. The third-order valence-corrected chi connectivity index (χ3v) is 4.31. The molecule has 0 unspecified atom stereocenters. The highest BCUT2D eigenvalue weighted by Gasteiger charge is 2.10. The topological polar surface area (TPSA) is 101 Å². The van der Waals surface area contributed by atoms with Crippen LogP contribution in [0.2, 0.25) is 0 Å². The zero-order valence-corrected chi connectivity index (χ0v) is 12.2. The molecule has 6 nitrogen and oxygen atoms in total. The third kappa shape index (κ3) is 4.48. The van der Waals surface area contributed by atoms with Crippen molar-refractivity contribution in [2.24, 2.45) is 0 Å². The van der Waals surface area contributed by atoms with Gasteiger partial charge in [-0.25, -0.2) is 0 Å². The first kappa shape index (κ1) is 14.8. The van der Waals surface area contributed by atoms with Gasteiger partial charge in [0.1, 0.15) is 0 Å². The number of benzene rings is 1. The summed E-state index contributed by atoms with van der Waals surface area (Å²) >= 11 is 2.51. The number of hydrogen-bond donors (Lipinski definition) is 3. The fourth-order valence-electron chi connectivity index (χ4n) is 1.46. The zero-order valence-electron chi connectivity index (χ0n) is 10.5. The van der Waals surface area contributed by atoms with Gasteiger partial charge in [0.15, 0.2) is 4.34 Å². The van der Waals surface area contributed by atoms with Crippen LogP contribution in [0, 0.1) is 0 Å². The molecule has 0 fully saturated rings. The van der Waals surface area contributed by atoms with Gasteiger partial charge in [-0.3, -0.25) is 4.79 Å². The van der Waals surface area contributed by atoms with Crippen LogP contribution in [-0.2, 0) is 4.79 Å². The lowest BCUT2D eigenvalue weighted by atomic mass is 10.1. The molecule has 0 spiro atoms. The number of nitrogens with one attached hydrogen (secondary N) is 1. The highest BCUT2D eigenvalue weighted by Crippen LogP contribution is 2.23. The molecule has 4 N–H and O–H groups in total. The first-order valence-corrected chi connectivity index (χ1v) is 7.67. The van der Waals surface area contributed by atoms with E-state index in [9.17, 15) is 9.90 Å². The number of carbonyl (C=O) groups excluding carboxylic acids is 1. The molecule has 0 saturated carbocycles. The van der Waals surface area contributed by atoms with Crippen LogP contribution in [0.15, 0.2) is 34.7 Å². The van der Waals surface area contributed by atoms with Crippen molar-refractivity contribution in [3.63, 3.8) is 0 Å². The fraction of sp³-hybridized carbons (Fsp3) is 0.250. The Kier molecular flexibility index (Phi) is 5.33. The molecule has 1 aromatic carbocycles. The van der Waals surface area contributed by atoms with E-state index in [2.05, 4.69) is 15.5 Å². The van der Waals surface area contributed by atoms with Gasteiger partial charge in [-0.15, -0.1) is 10.2 Å². The molecule has 2 aromatic rings. The molecule has 0 aliphatic carbocycles. The predicted molar refractivity (Wildman–Crippen MR) is 79.5 cm³/mol. The molecule has 0 aliphatic heterocycles. The highest BCUT2D eigenvalue weighted by atomic mass is 32.2. The van der Waals surface area contributed by atoms with E-state index in [1.54, 1.807) is 0 Å². The van der Waals surface area contributed by atoms with E-state index in [0.717, 1.165) is 5.56 Å². The monoisotopic (exact) mass is 310 g/mol. The molecule has 1 heterocycles. The number of rotatable bonds is 6. The van der Waals surface area contributed by atoms with E-state index in [0.29, 0.717) is 9.47 Å². The number of aliphatic hydroxyl groups excluding tert-OH is 1. The molecule has 2 rings (SSSR count). The van der Waals surface area contributed by atoms with E-state index in [1.165, 1.54) is 23.1 Å². The van der Waals surface area contributed by atoms with Crippen LogP contribution in [0.4, 0.5) is 5.13 Å². The number of amides is 1. The second kappa shape index (κ2) is 7.22. The fourth-order valence-corrected chi connectivity index (χ4v) is 2.93. The first-order chi connectivity index (χ1) is 9.65. The summed E-state index contributed by atoms with van der Waals surface area (Å²) in [5.74, 6) is 0.0506. The molecule has 0 saturated heterocycles. The molecule has 0 bridgehead atoms. The summed E-state index contributed by atoms with van der Waals surface area (Å²) in [4.78, 5) is 11.6. The Hall–Kier alpha value is -1.64. The zero-order chi connectivity index (χ0) is 14.4. The first-order valence-electron chi connectivity index (χ1n) is 5.86. The van der Waals surface area contributed by atoms with Crippen molar-refractivity contribution in [1.82, 2.24) is 15.5 Å². The van der Waals surface area contributed by atoms with Gasteiger partial charge in [0.2, 0.25) is 11.0 Å². The van der Waals surface area contributed by atoms with Crippen LogP contribution in [0.25, 0.3) is 0 Å². The van der Waals surface area contributed by atoms with E-state index in [4.69, 9.17) is 5.73 Å². The van der Waals surface area contributed by atoms with Crippen molar-refractivity contribution in [3.05, 3.63) is 35.9 Å². The maximum atomic E-state index is 11.6. The number of nitrogen functional groups attached to an aromatic ring is 1. The van der Waals surface area contributed by atoms with Crippen LogP contribution >= 0.6 is 23.1 Å². The highest BCUT2D eigenvalue weighted by molar-refractivity contribution is 8.01. The molecule has 0 aliphatic rings. The van der Waals surface area contributed by atoms with E-state index < -0.39 is 6.10 Å². The average Bonchev–Trinajstić information content (AvgIpc) is 2.89. The van der Waals surface area contributed by atoms with E-state index in [-0.39, 0.29) is 18.2 Å². The average molecular weight is 310 g/mol. The number of nitrogens with zero attached hydrogens (tertiary/aromatic N) is 2. The molecule has 106 valence electrons. The minimum Gasteiger partial charge on any atom is -0.387 e. The van der Waals surface area contributed by atoms with Gasteiger partial charge in [-0.1, -0.05) is 53.4 Å². The number of anilines is 1. The van der Waals surface area contributed by atoms with Gasteiger partial charge in [-0.05, 0) is 5.56 Å². The summed E-state index contributed by atoms with van der Waals surface area (Å²) in [7, 11) is 0. The van der Waals surface area contributed by atoms with Crippen molar-refractivity contribution >= 4 is 34.1 Å². The Balaban J connectivity index is 1.72. The maximum absolute atomic E-state index is 11.6.